The predicted octanol–water partition coefficient (Wildman–Crippen LogP) is 5.12. The molecule has 0 atom stereocenters. The fourth-order valence-electron chi connectivity index (χ4n) is 3.55. The van der Waals surface area contributed by atoms with Crippen LogP contribution in [0.2, 0.25) is 10.0 Å². The molecule has 0 bridgehead atoms. The van der Waals surface area contributed by atoms with Crippen LogP contribution in [0.25, 0.3) is 28.2 Å². The summed E-state index contributed by atoms with van der Waals surface area (Å²) < 4.78 is 4.32. The molecule has 0 amide bonds. The van der Waals surface area contributed by atoms with Crippen LogP contribution in [-0.4, -0.2) is 18.9 Å². The van der Waals surface area contributed by atoms with Crippen LogP contribution in [0.4, 0.5) is 0 Å². The molecule has 3 aromatic heterocycles. The summed E-state index contributed by atoms with van der Waals surface area (Å²) in [6.07, 6.45) is 7.94. The smallest absolute Gasteiger partial charge is 0.136 e. The van der Waals surface area contributed by atoms with E-state index in [0.717, 1.165) is 53.4 Å². The largest absolute Gasteiger partial charge is 0.327 e. The lowest BCUT2D eigenvalue weighted by molar-refractivity contribution is 0.756. The molecule has 0 saturated carbocycles. The number of aryl methyl sites for hydroxylation is 1. The van der Waals surface area contributed by atoms with E-state index in [9.17, 15) is 0 Å². The molecule has 4 nitrogen and oxygen atoms in total. The molecular weight excluding hydrogens is 355 g/mol. The molecule has 6 heteroatoms. The third kappa shape index (κ3) is 2.36. The summed E-state index contributed by atoms with van der Waals surface area (Å²) in [7, 11) is 0. The molecule has 1 aromatic carbocycles. The number of rotatable bonds is 2. The van der Waals surface area contributed by atoms with Crippen molar-refractivity contribution in [2.75, 3.05) is 0 Å². The summed E-state index contributed by atoms with van der Waals surface area (Å²) in [5, 5.41) is 1.31. The lowest BCUT2D eigenvalue weighted by Gasteiger charge is -2.10. The summed E-state index contributed by atoms with van der Waals surface area (Å²) in [5.41, 5.74) is 4.87. The molecule has 0 spiro atoms. The Bertz CT molecular complexity index is 1110. The Hall–Kier alpha value is -2.30. The molecule has 4 aromatic rings. The lowest BCUT2D eigenvalue weighted by atomic mass is 10.1. The molecule has 25 heavy (non-hydrogen) atoms. The van der Waals surface area contributed by atoms with Gasteiger partial charge in [0.2, 0.25) is 0 Å². The van der Waals surface area contributed by atoms with Gasteiger partial charge in [-0.25, -0.2) is 9.97 Å². The maximum atomic E-state index is 6.47. The molecule has 0 fully saturated rings. The Morgan fingerprint density at radius 1 is 1.08 bits per heavy atom. The predicted molar refractivity (Wildman–Crippen MR) is 100 cm³/mol. The summed E-state index contributed by atoms with van der Waals surface area (Å²) in [4.78, 5) is 9.22. The van der Waals surface area contributed by atoms with E-state index in [1.165, 1.54) is 0 Å². The Morgan fingerprint density at radius 2 is 2.00 bits per heavy atom. The van der Waals surface area contributed by atoms with Crippen LogP contribution in [0.3, 0.4) is 0 Å². The number of imidazole rings is 2. The first-order valence-corrected chi connectivity index (χ1v) is 8.94. The van der Waals surface area contributed by atoms with Crippen molar-refractivity contribution in [1.82, 2.24) is 18.9 Å². The van der Waals surface area contributed by atoms with Crippen LogP contribution in [0, 0.1) is 0 Å². The van der Waals surface area contributed by atoms with Crippen LogP contribution in [0.1, 0.15) is 12.2 Å². The first-order chi connectivity index (χ1) is 12.2. The first kappa shape index (κ1) is 15.0. The Kier molecular flexibility index (Phi) is 3.37. The van der Waals surface area contributed by atoms with Crippen molar-refractivity contribution in [2.45, 2.75) is 19.4 Å². The molecular formula is C19H14Cl2N4. The molecule has 0 aliphatic carbocycles. The van der Waals surface area contributed by atoms with Crippen molar-refractivity contribution in [1.29, 1.82) is 0 Å². The van der Waals surface area contributed by atoms with Gasteiger partial charge >= 0.3 is 0 Å². The van der Waals surface area contributed by atoms with Gasteiger partial charge in [-0.05, 0) is 36.8 Å². The molecule has 1 aliphatic rings. The topological polar surface area (TPSA) is 35.1 Å². The zero-order valence-corrected chi connectivity index (χ0v) is 14.8. The lowest BCUT2D eigenvalue weighted by Crippen LogP contribution is -1.98. The van der Waals surface area contributed by atoms with Gasteiger partial charge in [-0.2, -0.15) is 0 Å². The summed E-state index contributed by atoms with van der Waals surface area (Å²) >= 11 is 12.7. The van der Waals surface area contributed by atoms with Gasteiger partial charge in [0.15, 0.2) is 0 Å². The number of benzene rings is 1. The molecule has 1 aliphatic heterocycles. The monoisotopic (exact) mass is 368 g/mol. The van der Waals surface area contributed by atoms with E-state index in [0.29, 0.717) is 10.0 Å². The maximum absolute atomic E-state index is 6.47. The van der Waals surface area contributed by atoms with Gasteiger partial charge < -0.3 is 8.97 Å². The van der Waals surface area contributed by atoms with Crippen molar-refractivity contribution in [2.24, 2.45) is 0 Å². The van der Waals surface area contributed by atoms with Crippen molar-refractivity contribution in [3.8, 4) is 22.5 Å². The number of halogens is 2. The molecule has 0 N–H and O–H groups in total. The minimum absolute atomic E-state index is 0.656. The van der Waals surface area contributed by atoms with E-state index in [1.807, 2.05) is 28.8 Å². The van der Waals surface area contributed by atoms with E-state index in [-0.39, 0.29) is 0 Å². The number of hydrogen-bond donors (Lipinski definition) is 0. The Labute approximate surface area is 154 Å². The van der Waals surface area contributed by atoms with Crippen molar-refractivity contribution in [3.63, 3.8) is 0 Å². The third-order valence-electron chi connectivity index (χ3n) is 4.67. The average Bonchev–Trinajstić information content (AvgIpc) is 3.30. The normalized spacial score (nSPS) is 13.5. The quantitative estimate of drug-likeness (QED) is 0.492. The molecule has 0 saturated heterocycles. The SMILES string of the molecule is Clc1ccc(Cl)c(-c2nc3n(c2-c2ccc4nccn4c2)CCC3)c1. The average molecular weight is 369 g/mol. The van der Waals surface area contributed by atoms with Crippen molar-refractivity contribution in [3.05, 3.63) is 64.8 Å². The number of pyridine rings is 1. The standard InChI is InChI=1S/C19H14Cl2N4/c20-13-4-5-15(21)14(10-13)18-19(25-8-1-2-17(25)23-18)12-3-6-16-22-7-9-24(16)11-12/h3-7,9-11H,1-2,8H2. The van der Waals surface area contributed by atoms with Crippen LogP contribution in [-0.2, 0) is 13.0 Å². The van der Waals surface area contributed by atoms with Crippen LogP contribution < -0.4 is 0 Å². The highest BCUT2D eigenvalue weighted by atomic mass is 35.5. The minimum Gasteiger partial charge on any atom is -0.327 e. The molecule has 4 heterocycles. The maximum Gasteiger partial charge on any atom is 0.136 e. The van der Waals surface area contributed by atoms with Gasteiger partial charge in [0.05, 0.1) is 16.4 Å². The Morgan fingerprint density at radius 3 is 2.92 bits per heavy atom. The van der Waals surface area contributed by atoms with Gasteiger partial charge in [0, 0.05) is 47.7 Å². The van der Waals surface area contributed by atoms with Gasteiger partial charge in [0.25, 0.3) is 0 Å². The van der Waals surface area contributed by atoms with Crippen LogP contribution >= 0.6 is 23.2 Å². The third-order valence-corrected chi connectivity index (χ3v) is 5.24. The van der Waals surface area contributed by atoms with E-state index < -0.39 is 0 Å². The van der Waals surface area contributed by atoms with E-state index >= 15 is 0 Å². The van der Waals surface area contributed by atoms with Crippen molar-refractivity contribution < 1.29 is 0 Å². The molecule has 0 unspecified atom stereocenters. The summed E-state index contributed by atoms with van der Waals surface area (Å²) in [5.74, 6) is 1.10. The number of fused-ring (bicyclic) bond motifs is 2. The fourth-order valence-corrected chi connectivity index (χ4v) is 3.92. The number of aromatic nitrogens is 4. The highest BCUT2D eigenvalue weighted by Crippen LogP contribution is 2.39. The second kappa shape index (κ2) is 5.61. The summed E-state index contributed by atoms with van der Waals surface area (Å²) in [6, 6.07) is 9.63. The fraction of sp³-hybridized carbons (Fsp3) is 0.158. The second-order valence-corrected chi connectivity index (χ2v) is 7.06. The highest BCUT2D eigenvalue weighted by Gasteiger charge is 2.24. The van der Waals surface area contributed by atoms with Crippen LogP contribution in [0.5, 0.6) is 0 Å². The van der Waals surface area contributed by atoms with Gasteiger partial charge in [-0.3, -0.25) is 0 Å². The minimum atomic E-state index is 0.656. The first-order valence-electron chi connectivity index (χ1n) is 8.18. The number of nitrogens with zero attached hydrogens (tertiary/aromatic N) is 4. The summed E-state index contributed by atoms with van der Waals surface area (Å²) in [6.45, 7) is 0.970. The van der Waals surface area contributed by atoms with E-state index in [2.05, 4.69) is 21.8 Å². The van der Waals surface area contributed by atoms with Gasteiger partial charge in [0.1, 0.15) is 11.5 Å². The van der Waals surface area contributed by atoms with Crippen molar-refractivity contribution >= 4 is 28.8 Å². The van der Waals surface area contributed by atoms with E-state index in [4.69, 9.17) is 28.2 Å². The van der Waals surface area contributed by atoms with Gasteiger partial charge in [-0.1, -0.05) is 23.2 Å². The molecule has 124 valence electrons. The molecule has 5 rings (SSSR count). The highest BCUT2D eigenvalue weighted by molar-refractivity contribution is 6.35. The number of hydrogen-bond acceptors (Lipinski definition) is 2. The zero-order valence-electron chi connectivity index (χ0n) is 13.3. The van der Waals surface area contributed by atoms with E-state index in [1.54, 1.807) is 12.3 Å². The second-order valence-electron chi connectivity index (χ2n) is 6.22. The van der Waals surface area contributed by atoms with Crippen LogP contribution in [0.15, 0.2) is 48.9 Å². The Balaban J connectivity index is 1.79. The molecule has 0 radical (unpaired) electrons. The van der Waals surface area contributed by atoms with Gasteiger partial charge in [-0.15, -0.1) is 0 Å². The zero-order chi connectivity index (χ0) is 17.0.